The molecular formula is C18H30N2O. The maximum absolute atomic E-state index is 12.1. The van der Waals surface area contributed by atoms with Gasteiger partial charge in [0.15, 0.2) is 0 Å². The van der Waals surface area contributed by atoms with Crippen molar-refractivity contribution in [3.8, 4) is 0 Å². The Morgan fingerprint density at radius 3 is 2.52 bits per heavy atom. The quantitative estimate of drug-likeness (QED) is 0.790. The van der Waals surface area contributed by atoms with Gasteiger partial charge in [0.05, 0.1) is 6.54 Å². The normalized spacial score (nSPS) is 12.7. The second-order valence-electron chi connectivity index (χ2n) is 6.49. The Hall–Kier alpha value is -1.35. The highest BCUT2D eigenvalue weighted by Gasteiger charge is 2.12. The predicted octanol–water partition coefficient (Wildman–Crippen LogP) is 3.80. The van der Waals surface area contributed by atoms with Crippen molar-refractivity contribution in [1.29, 1.82) is 0 Å². The third-order valence-electron chi connectivity index (χ3n) is 3.58. The summed E-state index contributed by atoms with van der Waals surface area (Å²) in [5, 5.41) is 3.03. The fourth-order valence-corrected chi connectivity index (χ4v) is 2.86. The van der Waals surface area contributed by atoms with Gasteiger partial charge in [-0.05, 0) is 43.4 Å². The number of nitrogens with zero attached hydrogens (tertiary/aromatic N) is 1. The van der Waals surface area contributed by atoms with Gasteiger partial charge in [-0.3, -0.25) is 9.69 Å². The van der Waals surface area contributed by atoms with Gasteiger partial charge < -0.3 is 5.32 Å². The summed E-state index contributed by atoms with van der Waals surface area (Å²) in [6.07, 6.45) is 2.13. The summed E-state index contributed by atoms with van der Waals surface area (Å²) in [5.74, 6) is 1.39. The molecule has 0 radical (unpaired) electrons. The fourth-order valence-electron chi connectivity index (χ4n) is 2.86. The monoisotopic (exact) mass is 290 g/mol. The minimum absolute atomic E-state index is 0.0650. The van der Waals surface area contributed by atoms with Crippen LogP contribution in [0.25, 0.3) is 0 Å². The second-order valence-corrected chi connectivity index (χ2v) is 6.49. The van der Waals surface area contributed by atoms with Gasteiger partial charge in [-0.1, -0.05) is 45.9 Å². The molecule has 21 heavy (non-hydrogen) atoms. The molecule has 1 aromatic rings. The molecule has 0 aliphatic heterocycles. The van der Waals surface area contributed by atoms with E-state index < -0.39 is 0 Å². The van der Waals surface area contributed by atoms with Gasteiger partial charge in [-0.15, -0.1) is 0 Å². The summed E-state index contributed by atoms with van der Waals surface area (Å²) in [4.78, 5) is 14.3. The number of hydrogen-bond donors (Lipinski definition) is 1. The first-order chi connectivity index (χ1) is 9.92. The van der Waals surface area contributed by atoms with Crippen molar-refractivity contribution in [1.82, 2.24) is 4.90 Å². The molecule has 1 amide bonds. The first kappa shape index (κ1) is 17.7. The van der Waals surface area contributed by atoms with Crippen LogP contribution in [0.1, 0.15) is 39.7 Å². The maximum Gasteiger partial charge on any atom is 0.238 e. The fraction of sp³-hybridized carbons (Fsp3) is 0.611. The van der Waals surface area contributed by atoms with Crippen LogP contribution < -0.4 is 5.32 Å². The lowest BCUT2D eigenvalue weighted by atomic mass is 9.98. The Morgan fingerprint density at radius 1 is 1.24 bits per heavy atom. The highest BCUT2D eigenvalue weighted by molar-refractivity contribution is 5.92. The van der Waals surface area contributed by atoms with Gasteiger partial charge in [0.25, 0.3) is 0 Å². The van der Waals surface area contributed by atoms with E-state index in [0.717, 1.165) is 18.7 Å². The summed E-state index contributed by atoms with van der Waals surface area (Å²) < 4.78 is 0. The van der Waals surface area contributed by atoms with E-state index in [9.17, 15) is 4.79 Å². The minimum atomic E-state index is 0.0650. The number of benzene rings is 1. The smallest absolute Gasteiger partial charge is 0.238 e. The molecule has 0 saturated heterocycles. The average molecular weight is 290 g/mol. The number of rotatable bonds is 8. The van der Waals surface area contributed by atoms with E-state index in [1.165, 1.54) is 12.0 Å². The molecule has 0 bridgehead atoms. The van der Waals surface area contributed by atoms with E-state index in [-0.39, 0.29) is 5.91 Å². The van der Waals surface area contributed by atoms with E-state index in [0.29, 0.717) is 18.4 Å². The van der Waals surface area contributed by atoms with Crippen molar-refractivity contribution in [3.63, 3.8) is 0 Å². The molecule has 0 fully saturated rings. The molecule has 0 spiro atoms. The SMILES string of the molecule is CCc1ccccc1NC(=O)CN(C)CC(C)CC(C)C. The summed E-state index contributed by atoms with van der Waals surface area (Å²) in [6.45, 7) is 10.2. The Morgan fingerprint density at radius 2 is 1.90 bits per heavy atom. The minimum Gasteiger partial charge on any atom is -0.325 e. The molecule has 1 rings (SSSR count). The molecule has 1 N–H and O–H groups in total. The third-order valence-corrected chi connectivity index (χ3v) is 3.58. The Kier molecular flexibility index (Phi) is 7.44. The molecule has 0 saturated carbocycles. The van der Waals surface area contributed by atoms with Crippen molar-refractivity contribution < 1.29 is 4.79 Å². The summed E-state index contributed by atoms with van der Waals surface area (Å²) >= 11 is 0. The molecule has 1 aromatic carbocycles. The zero-order valence-corrected chi connectivity index (χ0v) is 14.1. The highest BCUT2D eigenvalue weighted by Crippen LogP contribution is 2.15. The van der Waals surface area contributed by atoms with Crippen LogP contribution in [0.2, 0.25) is 0 Å². The number of para-hydroxylation sites is 1. The van der Waals surface area contributed by atoms with Crippen LogP contribution >= 0.6 is 0 Å². The van der Waals surface area contributed by atoms with Crippen LogP contribution in [0.5, 0.6) is 0 Å². The average Bonchev–Trinajstić information content (AvgIpc) is 2.37. The molecule has 0 heterocycles. The molecule has 3 heteroatoms. The van der Waals surface area contributed by atoms with Crippen LogP contribution in [-0.4, -0.2) is 30.9 Å². The molecule has 0 aromatic heterocycles. The maximum atomic E-state index is 12.1. The van der Waals surface area contributed by atoms with Crippen LogP contribution in [0, 0.1) is 11.8 Å². The molecular weight excluding hydrogens is 260 g/mol. The molecule has 1 atom stereocenters. The largest absolute Gasteiger partial charge is 0.325 e. The first-order valence-electron chi connectivity index (χ1n) is 7.98. The molecule has 118 valence electrons. The summed E-state index contributed by atoms with van der Waals surface area (Å²) in [5.41, 5.74) is 2.12. The van der Waals surface area contributed by atoms with Crippen molar-refractivity contribution >= 4 is 11.6 Å². The van der Waals surface area contributed by atoms with Gasteiger partial charge in [-0.25, -0.2) is 0 Å². The number of carbonyl (C=O) groups excluding carboxylic acids is 1. The van der Waals surface area contributed by atoms with Gasteiger partial charge >= 0.3 is 0 Å². The lowest BCUT2D eigenvalue weighted by Crippen LogP contribution is -2.33. The van der Waals surface area contributed by atoms with Crippen LogP contribution in [-0.2, 0) is 11.2 Å². The number of aryl methyl sites for hydroxylation is 1. The number of amides is 1. The van der Waals surface area contributed by atoms with Gasteiger partial charge in [0.2, 0.25) is 5.91 Å². The topological polar surface area (TPSA) is 32.3 Å². The van der Waals surface area contributed by atoms with Crippen molar-refractivity contribution in [3.05, 3.63) is 29.8 Å². The van der Waals surface area contributed by atoms with E-state index >= 15 is 0 Å². The number of carbonyl (C=O) groups is 1. The van der Waals surface area contributed by atoms with Crippen LogP contribution in [0.3, 0.4) is 0 Å². The first-order valence-corrected chi connectivity index (χ1v) is 7.98. The van der Waals surface area contributed by atoms with Crippen molar-refractivity contribution in [2.45, 2.75) is 40.5 Å². The van der Waals surface area contributed by atoms with Crippen LogP contribution in [0.15, 0.2) is 24.3 Å². The number of likely N-dealkylation sites (N-methyl/N-ethyl adjacent to an activating group) is 1. The zero-order valence-electron chi connectivity index (χ0n) is 14.1. The van der Waals surface area contributed by atoms with E-state index in [1.807, 2.05) is 25.2 Å². The highest BCUT2D eigenvalue weighted by atomic mass is 16.2. The van der Waals surface area contributed by atoms with Crippen molar-refractivity contribution in [2.24, 2.45) is 11.8 Å². The summed E-state index contributed by atoms with van der Waals surface area (Å²) in [6, 6.07) is 8.00. The Balaban J connectivity index is 2.46. The van der Waals surface area contributed by atoms with Gasteiger partial charge in [0.1, 0.15) is 0 Å². The number of hydrogen-bond acceptors (Lipinski definition) is 2. The standard InChI is InChI=1S/C18H30N2O/c1-6-16-9-7-8-10-17(16)19-18(21)13-20(5)12-15(4)11-14(2)3/h7-10,14-15H,6,11-13H2,1-5H3,(H,19,21). The molecule has 3 nitrogen and oxygen atoms in total. The van der Waals surface area contributed by atoms with E-state index in [4.69, 9.17) is 0 Å². The van der Waals surface area contributed by atoms with Crippen LogP contribution in [0.4, 0.5) is 5.69 Å². The molecule has 0 aliphatic carbocycles. The summed E-state index contributed by atoms with van der Waals surface area (Å²) in [7, 11) is 2.02. The lowest BCUT2D eigenvalue weighted by Gasteiger charge is -2.22. The van der Waals surface area contributed by atoms with E-state index in [2.05, 4.69) is 44.0 Å². The molecule has 1 unspecified atom stereocenters. The lowest BCUT2D eigenvalue weighted by molar-refractivity contribution is -0.117. The van der Waals surface area contributed by atoms with Crippen molar-refractivity contribution in [2.75, 3.05) is 25.5 Å². The molecule has 0 aliphatic rings. The third kappa shape index (κ3) is 6.76. The zero-order chi connectivity index (χ0) is 15.8. The van der Waals surface area contributed by atoms with Gasteiger partial charge in [-0.2, -0.15) is 0 Å². The number of anilines is 1. The Labute approximate surface area is 129 Å². The second kappa shape index (κ2) is 8.83. The van der Waals surface area contributed by atoms with Gasteiger partial charge in [0, 0.05) is 12.2 Å². The number of nitrogens with one attached hydrogen (secondary N) is 1. The van der Waals surface area contributed by atoms with E-state index in [1.54, 1.807) is 0 Å². The predicted molar refractivity (Wildman–Crippen MR) is 90.6 cm³/mol. The Bertz CT molecular complexity index is 443.